The second-order valence-electron chi connectivity index (χ2n) is 3.36. The van der Waals surface area contributed by atoms with E-state index in [1.165, 1.54) is 0 Å². The van der Waals surface area contributed by atoms with Crippen molar-refractivity contribution in [1.82, 2.24) is 4.98 Å². The van der Waals surface area contributed by atoms with Gasteiger partial charge in [0, 0.05) is 10.7 Å². The third kappa shape index (κ3) is 3.36. The van der Waals surface area contributed by atoms with Crippen molar-refractivity contribution in [3.63, 3.8) is 0 Å². The molecule has 1 unspecified atom stereocenters. The first kappa shape index (κ1) is 11.6. The van der Waals surface area contributed by atoms with Crippen LogP contribution in [0.3, 0.4) is 0 Å². The Labute approximate surface area is 92.8 Å². The summed E-state index contributed by atoms with van der Waals surface area (Å²) in [7, 11) is 0. The molecule has 0 saturated carbocycles. The Morgan fingerprint density at radius 2 is 2.29 bits per heavy atom. The maximum Gasteiger partial charge on any atom is 0.0736 e. The van der Waals surface area contributed by atoms with Gasteiger partial charge in [0.25, 0.3) is 0 Å². The summed E-state index contributed by atoms with van der Waals surface area (Å²) in [5.41, 5.74) is 6.77. The highest BCUT2D eigenvalue weighted by Crippen LogP contribution is 2.19. The molecule has 1 aromatic heterocycles. The van der Waals surface area contributed by atoms with E-state index >= 15 is 0 Å². The Morgan fingerprint density at radius 1 is 1.57 bits per heavy atom. The molecule has 4 heteroatoms. The van der Waals surface area contributed by atoms with Crippen LogP contribution in [0.25, 0.3) is 0 Å². The number of rotatable bonds is 4. The van der Waals surface area contributed by atoms with E-state index in [1.54, 1.807) is 6.20 Å². The molecule has 3 nitrogen and oxygen atoms in total. The van der Waals surface area contributed by atoms with Crippen LogP contribution in [-0.4, -0.2) is 17.7 Å². The van der Waals surface area contributed by atoms with Crippen LogP contribution in [0.4, 0.5) is 0 Å². The van der Waals surface area contributed by atoms with E-state index in [-0.39, 0.29) is 12.1 Å². The van der Waals surface area contributed by atoms with E-state index in [4.69, 9.17) is 10.5 Å². The van der Waals surface area contributed by atoms with Crippen LogP contribution < -0.4 is 5.73 Å². The van der Waals surface area contributed by atoms with Crippen molar-refractivity contribution >= 4 is 15.9 Å². The fraction of sp³-hybridized carbons (Fsp3) is 0.500. The fourth-order valence-corrected chi connectivity index (χ4v) is 1.59. The first-order valence-corrected chi connectivity index (χ1v) is 5.38. The lowest BCUT2D eigenvalue weighted by atomic mass is 10.2. The van der Waals surface area contributed by atoms with Gasteiger partial charge in [-0.25, -0.2) is 0 Å². The summed E-state index contributed by atoms with van der Waals surface area (Å²) in [6, 6.07) is 3.62. The number of hydrogen-bond acceptors (Lipinski definition) is 3. The molecule has 0 fully saturated rings. The van der Waals surface area contributed by atoms with Gasteiger partial charge in [-0.3, -0.25) is 4.98 Å². The number of halogens is 1. The number of ether oxygens (including phenoxy) is 1. The normalized spacial score (nSPS) is 13.2. The van der Waals surface area contributed by atoms with Crippen LogP contribution >= 0.6 is 15.9 Å². The zero-order chi connectivity index (χ0) is 10.6. The monoisotopic (exact) mass is 258 g/mol. The van der Waals surface area contributed by atoms with Crippen molar-refractivity contribution in [2.75, 3.05) is 6.61 Å². The van der Waals surface area contributed by atoms with Crippen molar-refractivity contribution in [2.24, 2.45) is 5.73 Å². The average molecular weight is 259 g/mol. The molecule has 0 saturated heterocycles. The number of aromatic nitrogens is 1. The zero-order valence-corrected chi connectivity index (χ0v) is 9.99. The maximum atomic E-state index is 5.93. The minimum atomic E-state index is -0.173. The second kappa shape index (κ2) is 5.44. The predicted molar refractivity (Wildman–Crippen MR) is 60.0 cm³/mol. The zero-order valence-electron chi connectivity index (χ0n) is 8.40. The summed E-state index contributed by atoms with van der Waals surface area (Å²) in [4.78, 5) is 4.20. The van der Waals surface area contributed by atoms with Crippen LogP contribution in [0.2, 0.25) is 0 Å². The Bertz CT molecular complexity index is 291. The quantitative estimate of drug-likeness (QED) is 0.902. The summed E-state index contributed by atoms with van der Waals surface area (Å²) < 4.78 is 6.36. The van der Waals surface area contributed by atoms with Crippen LogP contribution in [-0.2, 0) is 4.74 Å². The van der Waals surface area contributed by atoms with Crippen molar-refractivity contribution in [2.45, 2.75) is 26.0 Å². The van der Waals surface area contributed by atoms with Crippen LogP contribution in [0.5, 0.6) is 0 Å². The summed E-state index contributed by atoms with van der Waals surface area (Å²) >= 11 is 3.41. The van der Waals surface area contributed by atoms with Gasteiger partial charge in [0.05, 0.1) is 24.4 Å². The van der Waals surface area contributed by atoms with Crippen molar-refractivity contribution in [1.29, 1.82) is 0 Å². The molecule has 78 valence electrons. The standard InChI is InChI=1S/C10H15BrN2O/c1-7(2)14-6-9(12)10-8(11)4-3-5-13-10/h3-5,7,9H,6,12H2,1-2H3. The topological polar surface area (TPSA) is 48.1 Å². The summed E-state index contributed by atoms with van der Waals surface area (Å²) in [5, 5.41) is 0. The first-order chi connectivity index (χ1) is 6.61. The Morgan fingerprint density at radius 3 is 2.86 bits per heavy atom. The minimum absolute atomic E-state index is 0.173. The van der Waals surface area contributed by atoms with E-state index in [0.717, 1.165) is 10.2 Å². The lowest BCUT2D eigenvalue weighted by Crippen LogP contribution is -2.21. The highest BCUT2D eigenvalue weighted by molar-refractivity contribution is 9.10. The number of nitrogens with two attached hydrogens (primary N) is 1. The highest BCUT2D eigenvalue weighted by Gasteiger charge is 2.11. The van der Waals surface area contributed by atoms with E-state index in [9.17, 15) is 0 Å². The van der Waals surface area contributed by atoms with Gasteiger partial charge in [-0.1, -0.05) is 0 Å². The van der Waals surface area contributed by atoms with Crippen LogP contribution in [0.1, 0.15) is 25.6 Å². The van der Waals surface area contributed by atoms with Gasteiger partial charge < -0.3 is 10.5 Å². The second-order valence-corrected chi connectivity index (χ2v) is 4.21. The SMILES string of the molecule is CC(C)OCC(N)c1ncccc1Br. The molecule has 14 heavy (non-hydrogen) atoms. The molecule has 1 aromatic rings. The maximum absolute atomic E-state index is 5.93. The van der Waals surface area contributed by atoms with Crippen molar-refractivity contribution in [3.05, 3.63) is 28.5 Å². The summed E-state index contributed by atoms with van der Waals surface area (Å²) in [6.45, 7) is 4.47. The van der Waals surface area contributed by atoms with Crippen LogP contribution in [0.15, 0.2) is 22.8 Å². The first-order valence-electron chi connectivity index (χ1n) is 4.59. The van der Waals surface area contributed by atoms with E-state index in [1.807, 2.05) is 26.0 Å². The van der Waals surface area contributed by atoms with Gasteiger partial charge in [0.1, 0.15) is 0 Å². The lowest BCUT2D eigenvalue weighted by molar-refractivity contribution is 0.0675. The number of hydrogen-bond donors (Lipinski definition) is 1. The molecule has 1 heterocycles. The molecule has 0 aliphatic heterocycles. The van der Waals surface area contributed by atoms with E-state index in [2.05, 4.69) is 20.9 Å². The molecule has 1 atom stereocenters. The van der Waals surface area contributed by atoms with E-state index < -0.39 is 0 Å². The molecule has 0 bridgehead atoms. The molecule has 0 amide bonds. The van der Waals surface area contributed by atoms with Crippen LogP contribution in [0, 0.1) is 0 Å². The molecular formula is C10H15BrN2O. The third-order valence-corrected chi connectivity index (χ3v) is 2.42. The predicted octanol–water partition coefficient (Wildman–Crippen LogP) is 2.27. The minimum Gasteiger partial charge on any atom is -0.377 e. The van der Waals surface area contributed by atoms with Crippen molar-refractivity contribution < 1.29 is 4.74 Å². The summed E-state index contributed by atoms with van der Waals surface area (Å²) in [6.07, 6.45) is 1.93. The van der Waals surface area contributed by atoms with Gasteiger partial charge in [-0.15, -0.1) is 0 Å². The molecule has 0 radical (unpaired) electrons. The molecule has 1 rings (SSSR count). The van der Waals surface area contributed by atoms with Gasteiger partial charge >= 0.3 is 0 Å². The Balaban J connectivity index is 2.60. The van der Waals surface area contributed by atoms with Crippen molar-refractivity contribution in [3.8, 4) is 0 Å². The van der Waals surface area contributed by atoms with Gasteiger partial charge in [0.2, 0.25) is 0 Å². The van der Waals surface area contributed by atoms with Gasteiger partial charge in [-0.2, -0.15) is 0 Å². The molecule has 2 N–H and O–H groups in total. The molecule has 0 spiro atoms. The molecule has 0 aliphatic carbocycles. The number of nitrogens with zero attached hydrogens (tertiary/aromatic N) is 1. The fourth-order valence-electron chi connectivity index (χ4n) is 1.05. The Hall–Kier alpha value is -0.450. The smallest absolute Gasteiger partial charge is 0.0736 e. The van der Waals surface area contributed by atoms with Gasteiger partial charge in [0.15, 0.2) is 0 Å². The summed E-state index contributed by atoms with van der Waals surface area (Å²) in [5.74, 6) is 0. The molecule has 0 aromatic carbocycles. The number of pyridine rings is 1. The molecular weight excluding hydrogens is 244 g/mol. The highest BCUT2D eigenvalue weighted by atomic mass is 79.9. The van der Waals surface area contributed by atoms with E-state index in [0.29, 0.717) is 6.61 Å². The largest absolute Gasteiger partial charge is 0.377 e. The Kier molecular flexibility index (Phi) is 4.51. The van der Waals surface area contributed by atoms with Gasteiger partial charge in [-0.05, 0) is 41.9 Å². The lowest BCUT2D eigenvalue weighted by Gasteiger charge is -2.14. The average Bonchev–Trinajstić information content (AvgIpc) is 2.15. The third-order valence-electron chi connectivity index (χ3n) is 1.75. The molecule has 0 aliphatic rings.